The molecule has 0 heterocycles. The van der Waals surface area contributed by atoms with Gasteiger partial charge in [-0.1, -0.05) is 32.3 Å². The molecule has 1 N–H and O–H groups in total. The number of ether oxygens (including phenoxy) is 1. The van der Waals surface area contributed by atoms with E-state index in [1.165, 1.54) is 19.3 Å². The summed E-state index contributed by atoms with van der Waals surface area (Å²) in [6, 6.07) is 7.27. The van der Waals surface area contributed by atoms with Gasteiger partial charge >= 0.3 is 6.61 Å². The second kappa shape index (κ2) is 6.73. The third kappa shape index (κ3) is 4.37. The summed E-state index contributed by atoms with van der Waals surface area (Å²) >= 11 is 0. The molecule has 0 radical (unpaired) electrons. The predicted octanol–water partition coefficient (Wildman–Crippen LogP) is 4.67. The monoisotopic (exact) mass is 269 g/mol. The summed E-state index contributed by atoms with van der Waals surface area (Å²) in [6.45, 7) is -0.543. The van der Waals surface area contributed by atoms with Crippen molar-refractivity contribution in [3.63, 3.8) is 0 Å². The Morgan fingerprint density at radius 2 is 2.21 bits per heavy atom. The molecule has 1 saturated carbocycles. The van der Waals surface area contributed by atoms with Crippen molar-refractivity contribution in [2.45, 2.75) is 51.7 Å². The minimum absolute atomic E-state index is 0.211. The van der Waals surface area contributed by atoms with Gasteiger partial charge in [-0.25, -0.2) is 0 Å². The summed E-state index contributed by atoms with van der Waals surface area (Å²) < 4.78 is 28.7. The molecule has 1 aliphatic carbocycles. The summed E-state index contributed by atoms with van der Waals surface area (Å²) in [4.78, 5) is 0. The van der Waals surface area contributed by atoms with Crippen molar-refractivity contribution < 1.29 is 13.5 Å². The predicted molar refractivity (Wildman–Crippen MR) is 72.7 cm³/mol. The van der Waals surface area contributed by atoms with E-state index >= 15 is 0 Å². The van der Waals surface area contributed by atoms with Gasteiger partial charge in [0, 0.05) is 17.8 Å². The average Bonchev–Trinajstić information content (AvgIpc) is 2.38. The molecule has 0 bridgehead atoms. The fourth-order valence-electron chi connectivity index (χ4n) is 2.79. The zero-order valence-electron chi connectivity index (χ0n) is 11.2. The Bertz CT molecular complexity index is 397. The minimum Gasteiger partial charge on any atom is -0.435 e. The molecule has 0 spiro atoms. The first kappa shape index (κ1) is 14.1. The SMILES string of the molecule is CCC1CCCC(Nc2cccc(OC(F)F)c2)C1. The van der Waals surface area contributed by atoms with Crippen LogP contribution in [0.25, 0.3) is 0 Å². The van der Waals surface area contributed by atoms with Crippen molar-refractivity contribution in [2.24, 2.45) is 5.92 Å². The highest BCUT2D eigenvalue weighted by atomic mass is 19.3. The Morgan fingerprint density at radius 1 is 1.37 bits per heavy atom. The van der Waals surface area contributed by atoms with Gasteiger partial charge in [-0.15, -0.1) is 0 Å². The highest BCUT2D eigenvalue weighted by Gasteiger charge is 2.20. The van der Waals surface area contributed by atoms with E-state index in [1.54, 1.807) is 18.2 Å². The summed E-state index contributed by atoms with van der Waals surface area (Å²) in [5.41, 5.74) is 0.861. The molecule has 2 unspecified atom stereocenters. The van der Waals surface area contributed by atoms with E-state index in [4.69, 9.17) is 0 Å². The topological polar surface area (TPSA) is 21.3 Å². The Balaban J connectivity index is 1.94. The van der Waals surface area contributed by atoms with E-state index in [2.05, 4.69) is 17.0 Å². The number of hydrogen-bond donors (Lipinski definition) is 1. The van der Waals surface area contributed by atoms with Gasteiger partial charge in [0.2, 0.25) is 0 Å². The van der Waals surface area contributed by atoms with Crippen LogP contribution >= 0.6 is 0 Å². The first-order valence-corrected chi connectivity index (χ1v) is 6.98. The highest BCUT2D eigenvalue weighted by molar-refractivity contribution is 5.48. The Morgan fingerprint density at radius 3 is 2.95 bits per heavy atom. The van der Waals surface area contributed by atoms with E-state index < -0.39 is 6.61 Å². The normalized spacial score (nSPS) is 23.4. The number of anilines is 1. The van der Waals surface area contributed by atoms with Crippen LogP contribution in [-0.4, -0.2) is 12.7 Å². The number of hydrogen-bond acceptors (Lipinski definition) is 2. The van der Waals surface area contributed by atoms with Crippen LogP contribution in [0.1, 0.15) is 39.0 Å². The molecule has 1 fully saturated rings. The molecular weight excluding hydrogens is 248 g/mol. The summed E-state index contributed by atoms with van der Waals surface area (Å²) in [7, 11) is 0. The standard InChI is InChI=1S/C15H21F2NO/c1-2-11-5-3-6-12(9-11)18-13-7-4-8-14(10-13)19-15(16)17/h4,7-8,10-12,15,18H,2-3,5-6,9H2,1H3. The molecule has 0 aliphatic heterocycles. The fraction of sp³-hybridized carbons (Fsp3) is 0.600. The molecule has 0 saturated heterocycles. The van der Waals surface area contributed by atoms with E-state index in [0.29, 0.717) is 6.04 Å². The fourth-order valence-corrected chi connectivity index (χ4v) is 2.79. The zero-order chi connectivity index (χ0) is 13.7. The van der Waals surface area contributed by atoms with Crippen molar-refractivity contribution in [3.8, 4) is 5.75 Å². The van der Waals surface area contributed by atoms with Crippen LogP contribution in [0.15, 0.2) is 24.3 Å². The maximum absolute atomic E-state index is 12.2. The van der Waals surface area contributed by atoms with E-state index in [9.17, 15) is 8.78 Å². The van der Waals surface area contributed by atoms with Crippen LogP contribution in [0.5, 0.6) is 5.75 Å². The lowest BCUT2D eigenvalue weighted by atomic mass is 9.84. The van der Waals surface area contributed by atoms with Gasteiger partial charge in [0.05, 0.1) is 0 Å². The summed E-state index contributed by atoms with van der Waals surface area (Å²) in [5, 5.41) is 3.43. The number of nitrogens with one attached hydrogen (secondary N) is 1. The molecule has 2 rings (SSSR count). The molecule has 2 atom stereocenters. The van der Waals surface area contributed by atoms with Gasteiger partial charge in [-0.2, -0.15) is 8.78 Å². The smallest absolute Gasteiger partial charge is 0.387 e. The van der Waals surface area contributed by atoms with Gasteiger partial charge < -0.3 is 10.1 Å². The molecule has 106 valence electrons. The number of benzene rings is 1. The Hall–Kier alpha value is -1.32. The maximum atomic E-state index is 12.2. The number of alkyl halides is 2. The van der Waals surface area contributed by atoms with Crippen LogP contribution in [-0.2, 0) is 0 Å². The molecule has 4 heteroatoms. The van der Waals surface area contributed by atoms with Gasteiger partial charge in [0.1, 0.15) is 5.75 Å². The van der Waals surface area contributed by atoms with Crippen molar-refractivity contribution >= 4 is 5.69 Å². The maximum Gasteiger partial charge on any atom is 0.387 e. The molecule has 0 amide bonds. The van der Waals surface area contributed by atoms with Crippen molar-refractivity contribution in [1.82, 2.24) is 0 Å². The van der Waals surface area contributed by atoms with Gasteiger partial charge in [-0.05, 0) is 30.9 Å². The molecule has 1 aliphatic rings. The lowest BCUT2D eigenvalue weighted by molar-refractivity contribution is -0.0498. The summed E-state index contributed by atoms with van der Waals surface area (Å²) in [5.74, 6) is 0.995. The largest absolute Gasteiger partial charge is 0.435 e. The number of rotatable bonds is 5. The first-order valence-electron chi connectivity index (χ1n) is 6.98. The molecular formula is C15H21F2NO. The van der Waals surface area contributed by atoms with Crippen LogP contribution in [0, 0.1) is 5.92 Å². The van der Waals surface area contributed by atoms with E-state index in [-0.39, 0.29) is 5.75 Å². The van der Waals surface area contributed by atoms with Gasteiger partial charge in [-0.3, -0.25) is 0 Å². The Kier molecular flexibility index (Phi) is 5.00. The second-order valence-electron chi connectivity index (χ2n) is 5.19. The van der Waals surface area contributed by atoms with Gasteiger partial charge in [0.15, 0.2) is 0 Å². The first-order chi connectivity index (χ1) is 9.17. The van der Waals surface area contributed by atoms with Crippen LogP contribution in [0.3, 0.4) is 0 Å². The van der Waals surface area contributed by atoms with Crippen molar-refractivity contribution in [1.29, 1.82) is 0 Å². The lowest BCUT2D eigenvalue weighted by Gasteiger charge is -2.29. The molecule has 0 aromatic heterocycles. The molecule has 2 nitrogen and oxygen atoms in total. The minimum atomic E-state index is -2.77. The van der Waals surface area contributed by atoms with Crippen molar-refractivity contribution in [3.05, 3.63) is 24.3 Å². The van der Waals surface area contributed by atoms with Crippen LogP contribution in [0.2, 0.25) is 0 Å². The summed E-state index contributed by atoms with van der Waals surface area (Å²) in [6.07, 6.45) is 6.08. The molecule has 19 heavy (non-hydrogen) atoms. The quantitative estimate of drug-likeness (QED) is 0.838. The third-order valence-corrected chi connectivity index (χ3v) is 3.79. The van der Waals surface area contributed by atoms with Crippen LogP contribution in [0.4, 0.5) is 14.5 Å². The molecule has 1 aromatic rings. The Labute approximate surface area is 113 Å². The molecule has 1 aromatic carbocycles. The van der Waals surface area contributed by atoms with E-state index in [0.717, 1.165) is 24.4 Å². The lowest BCUT2D eigenvalue weighted by Crippen LogP contribution is -2.27. The third-order valence-electron chi connectivity index (χ3n) is 3.79. The number of halogens is 2. The second-order valence-corrected chi connectivity index (χ2v) is 5.19. The van der Waals surface area contributed by atoms with Gasteiger partial charge in [0.25, 0.3) is 0 Å². The van der Waals surface area contributed by atoms with Crippen molar-refractivity contribution in [2.75, 3.05) is 5.32 Å². The van der Waals surface area contributed by atoms with Crippen LogP contribution < -0.4 is 10.1 Å². The van der Waals surface area contributed by atoms with E-state index in [1.807, 2.05) is 6.07 Å². The average molecular weight is 269 g/mol. The zero-order valence-corrected chi connectivity index (χ0v) is 11.2. The highest BCUT2D eigenvalue weighted by Crippen LogP contribution is 2.29.